The number of hydrogen-bond acceptors (Lipinski definition) is 4. The molecule has 134 valence electrons. The maximum absolute atomic E-state index is 10.7. The van der Waals surface area contributed by atoms with Crippen LogP contribution >= 0.6 is 0 Å². The normalized spacial score (nSPS) is 25.7. The van der Waals surface area contributed by atoms with Crippen LogP contribution in [0.4, 0.5) is 0 Å². The summed E-state index contributed by atoms with van der Waals surface area (Å²) in [6.07, 6.45) is 3.90. The van der Waals surface area contributed by atoms with Crippen molar-refractivity contribution in [3.05, 3.63) is 12.7 Å². The third-order valence-corrected chi connectivity index (χ3v) is 4.21. The summed E-state index contributed by atoms with van der Waals surface area (Å²) in [5, 5.41) is 17.4. The molecule has 0 spiro atoms. The van der Waals surface area contributed by atoms with E-state index < -0.39 is 29.4 Å². The molecular weight excluding hydrogens is 485 g/mol. The number of carbonyl (C=O) groups is 3. The van der Waals surface area contributed by atoms with Crippen LogP contribution in [-0.4, -0.2) is 40.3 Å². The van der Waals surface area contributed by atoms with Gasteiger partial charge in [0.25, 0.3) is 0 Å². The Balaban J connectivity index is 0.000000460. The summed E-state index contributed by atoms with van der Waals surface area (Å²) < 4.78 is 4.68. The molecule has 2 fully saturated rings. The van der Waals surface area contributed by atoms with Crippen molar-refractivity contribution in [2.24, 2.45) is 11.3 Å². The fourth-order valence-corrected chi connectivity index (χ4v) is 2.68. The number of carboxylic acid groups (broad SMARTS) is 2. The summed E-state index contributed by atoms with van der Waals surface area (Å²) in [5.41, 5.74) is 5.65. The molecule has 0 unspecified atom stereocenters. The largest absolute Gasteiger partial charge is 2.00 e. The van der Waals surface area contributed by atoms with Gasteiger partial charge >= 0.3 is 39.0 Å². The minimum absolute atomic E-state index is 0. The van der Waals surface area contributed by atoms with Crippen LogP contribution < -0.4 is 0 Å². The average molecular weight is 508 g/mol. The van der Waals surface area contributed by atoms with Gasteiger partial charge in [0.05, 0.1) is 0 Å². The molecule has 3 N–H and O–H groups in total. The molecule has 0 aromatic rings. The Hall–Kier alpha value is -0.942. The number of hydrogen-bond donors (Lipinski definition) is 2. The van der Waals surface area contributed by atoms with Gasteiger partial charge in [-0.15, -0.1) is 0 Å². The van der Waals surface area contributed by atoms with E-state index in [2.05, 4.69) is 11.7 Å². The van der Waals surface area contributed by atoms with Gasteiger partial charge in [-0.1, -0.05) is 25.7 Å². The van der Waals surface area contributed by atoms with Gasteiger partial charge in [-0.25, -0.2) is 0 Å². The first kappa shape index (κ1) is 22.1. The molecule has 0 saturated heterocycles. The molecule has 2 aliphatic carbocycles. The van der Waals surface area contributed by atoms with Gasteiger partial charge in [-0.3, -0.25) is 14.4 Å². The van der Waals surface area contributed by atoms with E-state index in [4.69, 9.17) is 15.9 Å². The molecule has 23 heavy (non-hydrogen) atoms. The summed E-state index contributed by atoms with van der Waals surface area (Å²) in [5.74, 6) is -2.87. The van der Waals surface area contributed by atoms with E-state index in [1.807, 2.05) is 0 Å². The zero-order valence-electron chi connectivity index (χ0n) is 13.0. The quantitative estimate of drug-likeness (QED) is 0.343. The molecule has 2 aliphatic rings. The first-order chi connectivity index (χ1) is 10.2. The monoisotopic (exact) mass is 508 g/mol. The van der Waals surface area contributed by atoms with Crippen molar-refractivity contribution in [2.45, 2.75) is 57.6 Å². The summed E-state index contributed by atoms with van der Waals surface area (Å²) in [4.78, 5) is 31.8. The van der Waals surface area contributed by atoms with Crippen LogP contribution in [0.3, 0.4) is 0 Å². The third-order valence-electron chi connectivity index (χ3n) is 4.21. The van der Waals surface area contributed by atoms with Crippen LogP contribution in [-0.2, 0) is 40.2 Å². The molecule has 0 radical (unpaired) electrons. The molecule has 8 heteroatoms. The fraction of sp³-hybridized carbons (Fsp3) is 0.733. The number of carboxylic acids is 2. The zero-order valence-corrected chi connectivity index (χ0v) is 15.3. The molecule has 0 heterocycles. The number of carbonyl (C=O) groups excluding carboxylic acids is 1. The first-order valence-electron chi connectivity index (χ1n) is 7.37. The van der Waals surface area contributed by atoms with E-state index in [-0.39, 0.29) is 39.9 Å². The van der Waals surface area contributed by atoms with E-state index in [0.717, 1.165) is 6.42 Å². The summed E-state index contributed by atoms with van der Waals surface area (Å²) in [7, 11) is 0. The molecule has 0 aromatic carbocycles. The Morgan fingerprint density at radius 1 is 1.13 bits per heavy atom. The Morgan fingerprint density at radius 2 is 1.61 bits per heavy atom. The average Bonchev–Trinajstić information content (AvgIpc) is 2.36. The van der Waals surface area contributed by atoms with Crippen molar-refractivity contribution in [1.29, 1.82) is 0 Å². The van der Waals surface area contributed by atoms with Crippen LogP contribution in [0.1, 0.15) is 45.4 Å². The third kappa shape index (κ3) is 5.88. The molecule has 0 bridgehead atoms. The second-order valence-electron chi connectivity index (χ2n) is 5.98. The molecule has 0 aromatic heterocycles. The SMILES string of the molecule is CC(=O)OC1CC(C(=O)O)(C(=O)O)C1.[CH2-][C@@H]1CCCC[C@H]1[NH-].[Pt+2]. The van der Waals surface area contributed by atoms with E-state index in [1.165, 1.54) is 26.2 Å². The maximum Gasteiger partial charge on any atom is 2.00 e. The number of rotatable bonds is 3. The van der Waals surface area contributed by atoms with E-state index in [1.54, 1.807) is 0 Å². The summed E-state index contributed by atoms with van der Waals surface area (Å²) >= 11 is 0. The van der Waals surface area contributed by atoms with Gasteiger partial charge in [0.2, 0.25) is 0 Å². The smallest absolute Gasteiger partial charge is 0.677 e. The van der Waals surface area contributed by atoms with Crippen molar-refractivity contribution in [3.63, 3.8) is 0 Å². The minimum Gasteiger partial charge on any atom is -0.677 e. The first-order valence-corrected chi connectivity index (χ1v) is 7.37. The predicted molar refractivity (Wildman–Crippen MR) is 77.9 cm³/mol. The van der Waals surface area contributed by atoms with Crippen molar-refractivity contribution < 1.29 is 50.4 Å². The molecule has 0 amide bonds. The maximum atomic E-state index is 10.7. The van der Waals surface area contributed by atoms with Gasteiger partial charge < -0.3 is 27.6 Å². The van der Waals surface area contributed by atoms with Crippen LogP contribution in [0, 0.1) is 18.3 Å². The van der Waals surface area contributed by atoms with Gasteiger partial charge in [0.1, 0.15) is 6.10 Å². The van der Waals surface area contributed by atoms with Crippen molar-refractivity contribution in [3.8, 4) is 0 Å². The molecule has 7 nitrogen and oxygen atoms in total. The molecule has 2 rings (SSSR count). The second kappa shape index (κ2) is 9.38. The number of nitrogens with one attached hydrogen (secondary N) is 1. The van der Waals surface area contributed by atoms with E-state index in [0.29, 0.717) is 5.92 Å². The van der Waals surface area contributed by atoms with Gasteiger partial charge in [0.15, 0.2) is 5.41 Å². The molecule has 2 atom stereocenters. The van der Waals surface area contributed by atoms with Gasteiger partial charge in [0, 0.05) is 19.8 Å². The topological polar surface area (TPSA) is 125 Å². The fourth-order valence-electron chi connectivity index (χ4n) is 2.68. The van der Waals surface area contributed by atoms with Crippen LogP contribution in [0.25, 0.3) is 5.73 Å². The van der Waals surface area contributed by atoms with E-state index in [9.17, 15) is 14.4 Å². The van der Waals surface area contributed by atoms with E-state index >= 15 is 0 Å². The zero-order chi connectivity index (χ0) is 16.9. The Kier molecular flexibility index (Phi) is 8.99. The predicted octanol–water partition coefficient (Wildman–Crippen LogP) is 2.30. The van der Waals surface area contributed by atoms with Gasteiger partial charge in [-0.05, 0) is 0 Å². The molecule has 0 aliphatic heterocycles. The summed E-state index contributed by atoms with van der Waals surface area (Å²) in [6.45, 7) is 5.09. The summed E-state index contributed by atoms with van der Waals surface area (Å²) in [6, 6.07) is 0.142. The van der Waals surface area contributed by atoms with Crippen LogP contribution in [0.5, 0.6) is 0 Å². The van der Waals surface area contributed by atoms with Crippen molar-refractivity contribution in [1.82, 2.24) is 0 Å². The standard InChI is InChI=1S/C8H10O6.C7H13N.Pt/c1-4(9)14-5-2-8(3-5,6(10)11)7(12)13;1-6-4-2-3-5-7(6)8;/h5H,2-3H2,1H3,(H,10,11)(H,12,13);6-8H,1-5H2;/q;-2;+2/t;6-,7-;/m.1./s1. The van der Waals surface area contributed by atoms with Gasteiger partial charge in [-0.2, -0.15) is 12.0 Å². The second-order valence-corrected chi connectivity index (χ2v) is 5.98. The molecular formula is C15H23NO6Pt. The number of aliphatic carboxylic acids is 2. The Bertz CT molecular complexity index is 410. The van der Waals surface area contributed by atoms with Crippen molar-refractivity contribution >= 4 is 17.9 Å². The Morgan fingerprint density at radius 3 is 1.91 bits per heavy atom. The Labute approximate surface area is 150 Å². The minimum atomic E-state index is -1.76. The van der Waals surface area contributed by atoms with Crippen LogP contribution in [0.2, 0.25) is 0 Å². The number of esters is 1. The van der Waals surface area contributed by atoms with Crippen molar-refractivity contribution in [2.75, 3.05) is 0 Å². The number of ether oxygens (including phenoxy) is 1. The van der Waals surface area contributed by atoms with Crippen LogP contribution in [0.15, 0.2) is 0 Å². The molecule has 2 saturated carbocycles.